The highest BCUT2D eigenvalue weighted by Crippen LogP contribution is 2.48. The number of Topliss-reactive ketones (excluding diaryl/α,β-unsaturated/α-hetero) is 1. The Kier molecular flexibility index (Phi) is 8.49. The number of ether oxygens (including phenoxy) is 2. The number of amidine groups is 1. The van der Waals surface area contributed by atoms with Gasteiger partial charge in [-0.25, -0.2) is 9.98 Å². The van der Waals surface area contributed by atoms with E-state index in [1.807, 2.05) is 12.1 Å². The number of ketones is 1. The van der Waals surface area contributed by atoms with Crippen LogP contribution in [0.2, 0.25) is 0 Å². The molecule has 3 aliphatic heterocycles. The summed E-state index contributed by atoms with van der Waals surface area (Å²) in [7, 11) is 3.81. The molecule has 2 saturated heterocycles. The van der Waals surface area contributed by atoms with Crippen LogP contribution in [0.4, 0.5) is 0 Å². The molecule has 2 aliphatic carbocycles. The number of nitrogens with zero attached hydrogens (tertiary/aromatic N) is 6. The fourth-order valence-corrected chi connectivity index (χ4v) is 7.66. The second-order valence-electron chi connectivity index (χ2n) is 12.4. The van der Waals surface area contributed by atoms with Crippen LogP contribution in [0.3, 0.4) is 0 Å². The zero-order chi connectivity index (χ0) is 30.1. The molecule has 0 aromatic heterocycles. The van der Waals surface area contributed by atoms with E-state index in [9.17, 15) is 14.9 Å². The van der Waals surface area contributed by atoms with Gasteiger partial charge in [-0.15, -0.1) is 0 Å². The number of hydrogen-bond acceptors (Lipinski definition) is 9. The Morgan fingerprint density at radius 3 is 2.74 bits per heavy atom. The summed E-state index contributed by atoms with van der Waals surface area (Å²) in [5.41, 5.74) is 2.16. The van der Waals surface area contributed by atoms with E-state index in [0.29, 0.717) is 69.5 Å². The summed E-state index contributed by atoms with van der Waals surface area (Å²) in [6.07, 6.45) is 5.18. The summed E-state index contributed by atoms with van der Waals surface area (Å²) in [6, 6.07) is 10.5. The Morgan fingerprint density at radius 1 is 1.21 bits per heavy atom. The summed E-state index contributed by atoms with van der Waals surface area (Å²) in [5.74, 6) is 1.36. The highest BCUT2D eigenvalue weighted by atomic mass is 16.5. The zero-order valence-corrected chi connectivity index (χ0v) is 25.2. The molecule has 10 nitrogen and oxygen atoms in total. The van der Waals surface area contributed by atoms with E-state index in [-0.39, 0.29) is 30.3 Å². The maximum Gasteiger partial charge on any atom is 0.247 e. The first-order valence-electron chi connectivity index (χ1n) is 15.4. The summed E-state index contributed by atoms with van der Waals surface area (Å²) in [5, 5.41) is 9.54. The van der Waals surface area contributed by atoms with Crippen molar-refractivity contribution < 1.29 is 19.1 Å². The van der Waals surface area contributed by atoms with E-state index < -0.39 is 11.8 Å². The molecule has 3 fully saturated rings. The number of rotatable bonds is 6. The fraction of sp³-hybridized carbons (Fsp3) is 0.576. The van der Waals surface area contributed by atoms with E-state index in [1.54, 1.807) is 12.0 Å². The first kappa shape index (κ1) is 29.7. The van der Waals surface area contributed by atoms with Crippen molar-refractivity contribution >= 4 is 23.2 Å². The van der Waals surface area contributed by atoms with Gasteiger partial charge in [0.05, 0.1) is 48.3 Å². The van der Waals surface area contributed by atoms with Gasteiger partial charge in [-0.05, 0) is 69.3 Å². The largest absolute Gasteiger partial charge is 0.380 e. The van der Waals surface area contributed by atoms with Gasteiger partial charge in [-0.1, -0.05) is 30.8 Å². The molecule has 6 rings (SSSR count). The predicted octanol–water partition coefficient (Wildman–Crippen LogP) is 2.58. The van der Waals surface area contributed by atoms with Crippen molar-refractivity contribution in [2.24, 2.45) is 15.4 Å². The van der Waals surface area contributed by atoms with E-state index in [2.05, 4.69) is 41.6 Å². The minimum atomic E-state index is -0.832. The van der Waals surface area contributed by atoms with Crippen molar-refractivity contribution in [2.45, 2.75) is 69.5 Å². The van der Waals surface area contributed by atoms with E-state index >= 15 is 0 Å². The second kappa shape index (κ2) is 12.3. The number of likely N-dealkylation sites (N-methyl/N-ethyl adjacent to an activating group) is 1. The standard InChI is InChI=1S/C33H41N6O4/c1-4-28(40)39-17-16-38(20-24(39)12-14-34)31-26-11-13-33(19-23-9-6-5-8-22(23)18-27(33)42-3)30(41)29(26)35-32(36-31)43-21-25-10-7-15-37(25)2/h4-6,8-9,24-25,27,32H,1,7,10-13,15-21H2,2-3H3. The molecule has 3 heterocycles. The van der Waals surface area contributed by atoms with Crippen molar-refractivity contribution in [1.29, 1.82) is 5.26 Å². The van der Waals surface area contributed by atoms with Crippen LogP contribution < -0.4 is 0 Å². The highest BCUT2D eigenvalue weighted by molar-refractivity contribution is 6.53. The summed E-state index contributed by atoms with van der Waals surface area (Å²) < 4.78 is 12.4. The minimum Gasteiger partial charge on any atom is -0.380 e. The minimum absolute atomic E-state index is 0.00290. The molecule has 0 bridgehead atoms. The van der Waals surface area contributed by atoms with Gasteiger partial charge in [0.15, 0.2) is 5.78 Å². The van der Waals surface area contributed by atoms with Gasteiger partial charge in [0.2, 0.25) is 12.3 Å². The molecule has 1 amide bonds. The number of piperazine rings is 1. The Hall–Kier alpha value is -3.39. The molecular weight excluding hydrogens is 544 g/mol. The van der Waals surface area contributed by atoms with Crippen LogP contribution in [0.15, 0.2) is 46.9 Å². The van der Waals surface area contributed by atoms with E-state index in [4.69, 9.17) is 19.5 Å². The molecule has 1 aromatic carbocycles. The smallest absolute Gasteiger partial charge is 0.247 e. The van der Waals surface area contributed by atoms with Crippen molar-refractivity contribution in [3.05, 3.63) is 54.0 Å². The summed E-state index contributed by atoms with van der Waals surface area (Å²) in [4.78, 5) is 43.2. The number of amides is 1. The first-order valence-corrected chi connectivity index (χ1v) is 15.4. The van der Waals surface area contributed by atoms with E-state index in [0.717, 1.165) is 25.3 Å². The first-order chi connectivity index (χ1) is 20.9. The second-order valence-corrected chi connectivity index (χ2v) is 12.4. The normalized spacial score (nSPS) is 31.2. The summed E-state index contributed by atoms with van der Waals surface area (Å²) in [6.45, 7) is 6.57. The van der Waals surface area contributed by atoms with Crippen LogP contribution >= 0.6 is 0 Å². The van der Waals surface area contributed by atoms with Gasteiger partial charge in [-0.3, -0.25) is 9.59 Å². The average molecular weight is 586 g/mol. The molecule has 1 aromatic rings. The maximum absolute atomic E-state index is 14.7. The SMILES string of the molecule is C=CC(=O)N1CCN(C2=NC(OCC3CCCN3C)N=C3[C]2CCC2(Cc4ccccc4CC2OC)C3=O)CC1CC#N. The van der Waals surface area contributed by atoms with Crippen molar-refractivity contribution in [3.63, 3.8) is 0 Å². The predicted molar refractivity (Wildman–Crippen MR) is 162 cm³/mol. The Bertz CT molecular complexity index is 1370. The third kappa shape index (κ3) is 5.43. The van der Waals surface area contributed by atoms with Crippen LogP contribution in [-0.4, -0.2) is 109 Å². The zero-order valence-electron chi connectivity index (χ0n) is 25.2. The average Bonchev–Trinajstić information content (AvgIpc) is 3.45. The Labute approximate surface area is 254 Å². The van der Waals surface area contributed by atoms with Crippen molar-refractivity contribution in [2.75, 3.05) is 46.9 Å². The topological polar surface area (TPSA) is 111 Å². The van der Waals surface area contributed by atoms with Crippen LogP contribution in [0.25, 0.3) is 0 Å². The molecule has 1 saturated carbocycles. The van der Waals surface area contributed by atoms with Crippen molar-refractivity contribution in [3.8, 4) is 6.07 Å². The Balaban J connectivity index is 1.31. The third-order valence-corrected chi connectivity index (χ3v) is 10.1. The molecule has 5 atom stereocenters. The quantitative estimate of drug-likeness (QED) is 0.472. The maximum atomic E-state index is 14.7. The molecule has 1 radical (unpaired) electrons. The number of carbonyl (C=O) groups is 2. The molecule has 5 aliphatic rings. The van der Waals surface area contributed by atoms with E-state index in [1.165, 1.54) is 17.2 Å². The Morgan fingerprint density at radius 2 is 2.02 bits per heavy atom. The summed E-state index contributed by atoms with van der Waals surface area (Å²) >= 11 is 0. The number of aliphatic imine (C=N–C) groups is 2. The lowest BCUT2D eigenvalue weighted by Gasteiger charge is -2.49. The van der Waals surface area contributed by atoms with Gasteiger partial charge in [0, 0.05) is 32.8 Å². The van der Waals surface area contributed by atoms with Crippen molar-refractivity contribution in [1.82, 2.24) is 14.7 Å². The number of fused-ring (bicyclic) bond motifs is 2. The van der Waals surface area contributed by atoms with Crippen LogP contribution in [0, 0.1) is 22.7 Å². The van der Waals surface area contributed by atoms with Gasteiger partial charge < -0.3 is 24.2 Å². The number of nitriles is 1. The molecule has 43 heavy (non-hydrogen) atoms. The number of likely N-dealkylation sites (tertiary alicyclic amines) is 1. The van der Waals surface area contributed by atoms with Gasteiger partial charge in [0.1, 0.15) is 5.84 Å². The highest BCUT2D eigenvalue weighted by Gasteiger charge is 2.56. The van der Waals surface area contributed by atoms with Gasteiger partial charge in [-0.2, -0.15) is 5.26 Å². The number of hydrogen-bond donors (Lipinski definition) is 0. The number of methoxy groups -OCH3 is 1. The van der Waals surface area contributed by atoms with Crippen LogP contribution in [0.5, 0.6) is 0 Å². The third-order valence-electron chi connectivity index (χ3n) is 10.1. The number of benzene rings is 1. The molecular formula is C33H41N6O4. The molecule has 5 unspecified atom stereocenters. The monoisotopic (exact) mass is 585 g/mol. The molecule has 227 valence electrons. The van der Waals surface area contributed by atoms with Crippen LogP contribution in [0.1, 0.15) is 43.2 Å². The molecule has 1 spiro atoms. The lowest BCUT2D eigenvalue weighted by molar-refractivity contribution is -0.133. The lowest BCUT2D eigenvalue weighted by atomic mass is 9.58. The van der Waals surface area contributed by atoms with Gasteiger partial charge in [0.25, 0.3) is 0 Å². The van der Waals surface area contributed by atoms with Gasteiger partial charge >= 0.3 is 0 Å². The fourth-order valence-electron chi connectivity index (χ4n) is 7.66. The lowest BCUT2D eigenvalue weighted by Crippen LogP contribution is -2.61. The molecule has 0 N–H and O–H groups in total. The van der Waals surface area contributed by atoms with Crippen LogP contribution in [-0.2, 0) is 31.9 Å². The number of carbonyl (C=O) groups excluding carboxylic acids is 2. The molecule has 10 heteroatoms.